The Morgan fingerprint density at radius 2 is 2.04 bits per heavy atom. The van der Waals surface area contributed by atoms with Crippen molar-refractivity contribution in [3.05, 3.63) is 29.8 Å². The molecule has 1 amide bonds. The van der Waals surface area contributed by atoms with Crippen LogP contribution in [0.15, 0.2) is 24.3 Å². The fourth-order valence-electron chi connectivity index (χ4n) is 3.03. The lowest BCUT2D eigenvalue weighted by Gasteiger charge is -2.27. The number of rotatable bonds is 7. The Morgan fingerprint density at radius 3 is 2.72 bits per heavy atom. The highest BCUT2D eigenvalue weighted by atomic mass is 35.5. The number of ether oxygens (including phenoxy) is 2. The van der Waals surface area contributed by atoms with Crippen LogP contribution in [0, 0.1) is 0 Å². The zero-order chi connectivity index (χ0) is 16.6. The lowest BCUT2D eigenvalue weighted by Crippen LogP contribution is -2.46. The minimum Gasteiger partial charge on any atom is -0.491 e. The number of halogens is 1. The van der Waals surface area contributed by atoms with Gasteiger partial charge in [-0.05, 0) is 37.1 Å². The third-order valence-electron chi connectivity index (χ3n) is 4.50. The van der Waals surface area contributed by atoms with Gasteiger partial charge in [-0.15, -0.1) is 12.4 Å². The van der Waals surface area contributed by atoms with Crippen LogP contribution in [0.3, 0.4) is 0 Å². The summed E-state index contributed by atoms with van der Waals surface area (Å²) in [6, 6.07) is 7.32. The number of carbonyl (C=O) groups excluding carboxylic acids is 1. The van der Waals surface area contributed by atoms with Gasteiger partial charge in [0.25, 0.3) is 5.91 Å². The fourth-order valence-corrected chi connectivity index (χ4v) is 3.03. The van der Waals surface area contributed by atoms with E-state index in [0.717, 1.165) is 57.9 Å². The molecule has 0 bridgehead atoms. The predicted molar refractivity (Wildman–Crippen MR) is 99.8 cm³/mol. The van der Waals surface area contributed by atoms with Gasteiger partial charge in [0.1, 0.15) is 12.4 Å². The Morgan fingerprint density at radius 1 is 1.28 bits per heavy atom. The number of piperazine rings is 1. The van der Waals surface area contributed by atoms with Crippen LogP contribution < -0.4 is 15.4 Å². The number of hydrogen-bond acceptors (Lipinski definition) is 5. The van der Waals surface area contributed by atoms with E-state index in [9.17, 15) is 4.79 Å². The Kier molecular flexibility index (Phi) is 8.48. The smallest absolute Gasteiger partial charge is 0.251 e. The Balaban J connectivity index is 0.00000225. The molecule has 0 aromatic heterocycles. The average Bonchev–Trinajstić information content (AvgIpc) is 3.15. The summed E-state index contributed by atoms with van der Waals surface area (Å²) in [6.45, 7) is 7.14. The minimum atomic E-state index is -0.0317. The molecule has 0 aliphatic carbocycles. The second kappa shape index (κ2) is 10.6. The third kappa shape index (κ3) is 6.47. The maximum absolute atomic E-state index is 12.2. The molecule has 140 valence electrons. The molecule has 2 N–H and O–H groups in total. The van der Waals surface area contributed by atoms with Gasteiger partial charge in [-0.1, -0.05) is 0 Å². The number of hydrogen-bond donors (Lipinski definition) is 2. The molecule has 2 aliphatic rings. The highest BCUT2D eigenvalue weighted by Gasteiger charge is 2.16. The van der Waals surface area contributed by atoms with Gasteiger partial charge in [0.2, 0.25) is 0 Å². The summed E-state index contributed by atoms with van der Waals surface area (Å²) in [5, 5.41) is 6.30. The zero-order valence-electron chi connectivity index (χ0n) is 14.5. The van der Waals surface area contributed by atoms with Gasteiger partial charge < -0.3 is 20.1 Å². The first kappa shape index (κ1) is 20.0. The lowest BCUT2D eigenvalue weighted by atomic mass is 10.2. The SMILES string of the molecule is Cl.O=C(NCCN1CCNCC1)c1ccc(OCC2CCCO2)cc1. The Labute approximate surface area is 155 Å². The van der Waals surface area contributed by atoms with Crippen molar-refractivity contribution in [1.82, 2.24) is 15.5 Å². The molecule has 2 heterocycles. The molecular formula is C18H28ClN3O3. The molecule has 2 aliphatic heterocycles. The molecule has 3 rings (SSSR count). The number of amides is 1. The summed E-state index contributed by atoms with van der Waals surface area (Å²) in [6.07, 6.45) is 2.38. The molecule has 6 nitrogen and oxygen atoms in total. The zero-order valence-corrected chi connectivity index (χ0v) is 15.4. The molecule has 1 aromatic rings. The van der Waals surface area contributed by atoms with Gasteiger partial charge in [0.05, 0.1) is 6.10 Å². The van der Waals surface area contributed by atoms with E-state index in [-0.39, 0.29) is 24.4 Å². The second-order valence-electron chi connectivity index (χ2n) is 6.32. The highest BCUT2D eigenvalue weighted by Crippen LogP contribution is 2.16. The maximum Gasteiger partial charge on any atom is 0.251 e. The van der Waals surface area contributed by atoms with Crippen molar-refractivity contribution in [2.24, 2.45) is 0 Å². The molecule has 2 fully saturated rings. The molecule has 0 radical (unpaired) electrons. The quantitative estimate of drug-likeness (QED) is 0.758. The maximum atomic E-state index is 12.2. The molecule has 7 heteroatoms. The highest BCUT2D eigenvalue weighted by molar-refractivity contribution is 5.94. The average molecular weight is 370 g/mol. The van der Waals surface area contributed by atoms with E-state index in [1.165, 1.54) is 0 Å². The normalized spacial score (nSPS) is 20.7. The van der Waals surface area contributed by atoms with Crippen LogP contribution in [-0.2, 0) is 4.74 Å². The summed E-state index contributed by atoms with van der Waals surface area (Å²) in [4.78, 5) is 14.5. The van der Waals surface area contributed by atoms with Gasteiger partial charge in [0.15, 0.2) is 0 Å². The molecule has 1 atom stereocenters. The van der Waals surface area contributed by atoms with Gasteiger partial charge in [-0.25, -0.2) is 0 Å². The molecule has 2 saturated heterocycles. The van der Waals surface area contributed by atoms with E-state index in [2.05, 4.69) is 15.5 Å². The van der Waals surface area contributed by atoms with Crippen molar-refractivity contribution < 1.29 is 14.3 Å². The van der Waals surface area contributed by atoms with Crippen LogP contribution in [0.1, 0.15) is 23.2 Å². The molecule has 25 heavy (non-hydrogen) atoms. The number of nitrogens with one attached hydrogen (secondary N) is 2. The topological polar surface area (TPSA) is 62.8 Å². The first-order valence-corrected chi connectivity index (χ1v) is 8.87. The summed E-state index contributed by atoms with van der Waals surface area (Å²) in [5.41, 5.74) is 0.666. The van der Waals surface area contributed by atoms with Crippen LogP contribution in [0.2, 0.25) is 0 Å². The second-order valence-corrected chi connectivity index (χ2v) is 6.32. The van der Waals surface area contributed by atoms with Crippen molar-refractivity contribution in [1.29, 1.82) is 0 Å². The van der Waals surface area contributed by atoms with Gasteiger partial charge in [0, 0.05) is 51.4 Å². The van der Waals surface area contributed by atoms with Crippen molar-refractivity contribution in [3.8, 4) is 5.75 Å². The summed E-state index contributed by atoms with van der Waals surface area (Å²) in [7, 11) is 0. The van der Waals surface area contributed by atoms with Crippen LogP contribution in [0.4, 0.5) is 0 Å². The van der Waals surface area contributed by atoms with Crippen molar-refractivity contribution in [2.75, 3.05) is 52.5 Å². The van der Waals surface area contributed by atoms with Crippen LogP contribution in [-0.4, -0.2) is 69.4 Å². The van der Waals surface area contributed by atoms with E-state index < -0.39 is 0 Å². The molecule has 1 unspecified atom stereocenters. The van der Waals surface area contributed by atoms with Crippen molar-refractivity contribution >= 4 is 18.3 Å². The molecule has 0 spiro atoms. The van der Waals surface area contributed by atoms with Crippen molar-refractivity contribution in [3.63, 3.8) is 0 Å². The third-order valence-corrected chi connectivity index (χ3v) is 4.50. The first-order valence-electron chi connectivity index (χ1n) is 8.87. The van der Waals surface area contributed by atoms with Crippen molar-refractivity contribution in [2.45, 2.75) is 18.9 Å². The van der Waals surface area contributed by atoms with Gasteiger partial charge in [-0.2, -0.15) is 0 Å². The summed E-state index contributed by atoms with van der Waals surface area (Å²) < 4.78 is 11.2. The Hall–Kier alpha value is -1.34. The van der Waals surface area contributed by atoms with E-state index >= 15 is 0 Å². The van der Waals surface area contributed by atoms with E-state index in [1.807, 2.05) is 24.3 Å². The standard InChI is InChI=1S/C18H27N3O3.ClH/c22-18(20-9-12-21-10-7-19-8-11-21)15-3-5-16(6-4-15)24-14-17-2-1-13-23-17;/h3-6,17,19H,1-2,7-14H2,(H,20,22);1H. The van der Waals surface area contributed by atoms with E-state index in [0.29, 0.717) is 18.7 Å². The summed E-state index contributed by atoms with van der Waals surface area (Å²) >= 11 is 0. The van der Waals surface area contributed by atoms with Crippen LogP contribution >= 0.6 is 12.4 Å². The molecule has 0 saturated carbocycles. The predicted octanol–water partition coefficient (Wildman–Crippen LogP) is 1.30. The molecular weight excluding hydrogens is 342 g/mol. The lowest BCUT2D eigenvalue weighted by molar-refractivity contribution is 0.0679. The molecule has 1 aromatic carbocycles. The van der Waals surface area contributed by atoms with Gasteiger partial charge in [-0.3, -0.25) is 9.69 Å². The number of nitrogens with zero attached hydrogens (tertiary/aromatic N) is 1. The van der Waals surface area contributed by atoms with E-state index in [1.54, 1.807) is 0 Å². The minimum absolute atomic E-state index is 0. The fraction of sp³-hybridized carbons (Fsp3) is 0.611. The van der Waals surface area contributed by atoms with Crippen LogP contribution in [0.5, 0.6) is 5.75 Å². The van der Waals surface area contributed by atoms with Gasteiger partial charge >= 0.3 is 0 Å². The number of carbonyl (C=O) groups is 1. The van der Waals surface area contributed by atoms with Crippen LogP contribution in [0.25, 0.3) is 0 Å². The largest absolute Gasteiger partial charge is 0.491 e. The monoisotopic (exact) mass is 369 g/mol. The van der Waals surface area contributed by atoms with E-state index in [4.69, 9.17) is 9.47 Å². The Bertz CT molecular complexity index is 515. The number of benzene rings is 1. The summed E-state index contributed by atoms with van der Waals surface area (Å²) in [5.74, 6) is 0.749. The first-order chi connectivity index (χ1) is 11.8.